The third-order valence-corrected chi connectivity index (χ3v) is 4.02. The number of fused-ring (bicyclic) bond motifs is 1. The summed E-state index contributed by atoms with van der Waals surface area (Å²) in [5.74, 6) is 1.47. The van der Waals surface area contributed by atoms with Crippen molar-refractivity contribution in [2.75, 3.05) is 31.9 Å². The van der Waals surface area contributed by atoms with Crippen molar-refractivity contribution in [1.29, 1.82) is 0 Å². The topological polar surface area (TPSA) is 84.9 Å². The quantitative estimate of drug-likeness (QED) is 0.712. The molecule has 0 saturated carbocycles. The van der Waals surface area contributed by atoms with Gasteiger partial charge in [-0.15, -0.1) is 0 Å². The first kappa shape index (κ1) is 15.1. The van der Waals surface area contributed by atoms with Gasteiger partial charge in [-0.1, -0.05) is 6.07 Å². The van der Waals surface area contributed by atoms with Crippen LogP contribution in [0.1, 0.15) is 18.1 Å². The van der Waals surface area contributed by atoms with Gasteiger partial charge in [0.05, 0.1) is 11.9 Å². The number of nitrogens with one attached hydrogen (secondary N) is 1. The van der Waals surface area contributed by atoms with Gasteiger partial charge in [-0.3, -0.25) is 0 Å². The summed E-state index contributed by atoms with van der Waals surface area (Å²) < 4.78 is 32.4. The van der Waals surface area contributed by atoms with Gasteiger partial charge in [0, 0.05) is 12.8 Å². The van der Waals surface area contributed by atoms with Crippen LogP contribution in [0.15, 0.2) is 18.2 Å². The van der Waals surface area contributed by atoms with Crippen molar-refractivity contribution in [2.24, 2.45) is 0 Å². The van der Waals surface area contributed by atoms with Gasteiger partial charge in [-0.05, 0) is 30.7 Å². The predicted octanol–water partition coefficient (Wildman–Crippen LogP) is 0.473. The molecule has 0 saturated heterocycles. The van der Waals surface area contributed by atoms with Gasteiger partial charge in [0.25, 0.3) is 0 Å². The number of aliphatic hydroxyl groups is 1. The van der Waals surface area contributed by atoms with Crippen molar-refractivity contribution in [2.45, 2.75) is 12.5 Å². The van der Waals surface area contributed by atoms with E-state index in [-0.39, 0.29) is 12.5 Å². The van der Waals surface area contributed by atoms with Gasteiger partial charge in [0.1, 0.15) is 9.84 Å². The minimum absolute atomic E-state index is 0.153. The van der Waals surface area contributed by atoms with Gasteiger partial charge < -0.3 is 19.9 Å². The zero-order valence-electron chi connectivity index (χ0n) is 11.3. The highest BCUT2D eigenvalue weighted by atomic mass is 32.2. The molecule has 2 N–H and O–H groups in total. The molecular formula is C13H19NO5S. The standard InChI is InChI=1S/C13H19NO5S/c1-20(16,17)6-2-5-14-8-11(15)10-3-4-12-13(7-10)19-9-18-12/h3-4,7,11,14-15H,2,5-6,8-9H2,1H3. The number of hydrogen-bond acceptors (Lipinski definition) is 6. The van der Waals surface area contributed by atoms with E-state index in [2.05, 4.69) is 5.32 Å². The molecular weight excluding hydrogens is 282 g/mol. The van der Waals surface area contributed by atoms with Crippen LogP contribution < -0.4 is 14.8 Å². The number of ether oxygens (including phenoxy) is 2. The molecule has 1 aromatic carbocycles. The van der Waals surface area contributed by atoms with Crippen LogP contribution >= 0.6 is 0 Å². The molecule has 0 spiro atoms. The molecule has 1 aliphatic rings. The van der Waals surface area contributed by atoms with Crippen LogP contribution in [0, 0.1) is 0 Å². The molecule has 1 unspecified atom stereocenters. The molecule has 1 atom stereocenters. The number of benzene rings is 1. The van der Waals surface area contributed by atoms with Gasteiger partial charge in [-0.2, -0.15) is 0 Å². The van der Waals surface area contributed by atoms with E-state index in [1.54, 1.807) is 18.2 Å². The van der Waals surface area contributed by atoms with Crippen molar-refractivity contribution in [1.82, 2.24) is 5.32 Å². The molecule has 1 aromatic rings. The summed E-state index contributed by atoms with van der Waals surface area (Å²) >= 11 is 0. The lowest BCUT2D eigenvalue weighted by Crippen LogP contribution is -2.24. The highest BCUT2D eigenvalue weighted by Gasteiger charge is 2.16. The summed E-state index contributed by atoms with van der Waals surface area (Å²) in [5, 5.41) is 13.1. The number of hydrogen-bond donors (Lipinski definition) is 2. The second kappa shape index (κ2) is 6.43. The molecule has 1 heterocycles. The molecule has 2 rings (SSSR count). The number of aliphatic hydroxyl groups excluding tert-OH is 1. The number of sulfone groups is 1. The van der Waals surface area contributed by atoms with Gasteiger partial charge in [0.2, 0.25) is 6.79 Å². The third-order valence-electron chi connectivity index (χ3n) is 2.99. The van der Waals surface area contributed by atoms with Crippen LogP contribution in [0.3, 0.4) is 0 Å². The normalized spacial score (nSPS) is 15.3. The van der Waals surface area contributed by atoms with E-state index in [0.717, 1.165) is 5.56 Å². The second-order valence-corrected chi connectivity index (χ2v) is 7.08. The van der Waals surface area contributed by atoms with E-state index in [4.69, 9.17) is 9.47 Å². The van der Waals surface area contributed by atoms with E-state index in [9.17, 15) is 13.5 Å². The van der Waals surface area contributed by atoms with E-state index in [0.29, 0.717) is 31.0 Å². The third kappa shape index (κ3) is 4.36. The van der Waals surface area contributed by atoms with Gasteiger partial charge in [-0.25, -0.2) is 8.42 Å². The van der Waals surface area contributed by atoms with Crippen molar-refractivity contribution in [3.63, 3.8) is 0 Å². The molecule has 0 aromatic heterocycles. The average Bonchev–Trinajstić information content (AvgIpc) is 2.83. The molecule has 20 heavy (non-hydrogen) atoms. The Morgan fingerprint density at radius 3 is 2.85 bits per heavy atom. The van der Waals surface area contributed by atoms with Gasteiger partial charge >= 0.3 is 0 Å². The van der Waals surface area contributed by atoms with E-state index in [1.165, 1.54) is 6.26 Å². The van der Waals surface area contributed by atoms with E-state index in [1.807, 2.05) is 0 Å². The Hall–Kier alpha value is -1.31. The first-order valence-corrected chi connectivity index (χ1v) is 8.48. The van der Waals surface area contributed by atoms with Crippen molar-refractivity contribution in [3.05, 3.63) is 23.8 Å². The van der Waals surface area contributed by atoms with Crippen LogP contribution in [-0.2, 0) is 9.84 Å². The molecule has 1 aliphatic heterocycles. The van der Waals surface area contributed by atoms with Crippen LogP contribution in [0.4, 0.5) is 0 Å². The largest absolute Gasteiger partial charge is 0.454 e. The molecule has 0 radical (unpaired) electrons. The highest BCUT2D eigenvalue weighted by Crippen LogP contribution is 2.33. The zero-order valence-corrected chi connectivity index (χ0v) is 12.1. The first-order chi connectivity index (χ1) is 9.46. The average molecular weight is 301 g/mol. The van der Waals surface area contributed by atoms with E-state index < -0.39 is 15.9 Å². The Labute approximate surface area is 118 Å². The van der Waals surface area contributed by atoms with Crippen molar-refractivity contribution >= 4 is 9.84 Å². The maximum absolute atomic E-state index is 11.0. The lowest BCUT2D eigenvalue weighted by atomic mass is 10.1. The minimum atomic E-state index is -2.92. The minimum Gasteiger partial charge on any atom is -0.454 e. The predicted molar refractivity (Wildman–Crippen MR) is 74.7 cm³/mol. The fraction of sp³-hybridized carbons (Fsp3) is 0.538. The highest BCUT2D eigenvalue weighted by molar-refractivity contribution is 7.90. The molecule has 0 aliphatic carbocycles. The Morgan fingerprint density at radius 2 is 2.10 bits per heavy atom. The fourth-order valence-corrected chi connectivity index (χ4v) is 2.61. The molecule has 0 amide bonds. The molecule has 0 fully saturated rings. The SMILES string of the molecule is CS(=O)(=O)CCCNCC(O)c1ccc2c(c1)OCO2. The fourth-order valence-electron chi connectivity index (χ4n) is 1.94. The molecule has 7 heteroatoms. The van der Waals surface area contributed by atoms with Crippen LogP contribution in [0.2, 0.25) is 0 Å². The molecule has 0 bridgehead atoms. The summed E-state index contributed by atoms with van der Waals surface area (Å²) in [6, 6.07) is 5.31. The van der Waals surface area contributed by atoms with E-state index >= 15 is 0 Å². The summed E-state index contributed by atoms with van der Waals surface area (Å²) in [6.45, 7) is 1.12. The maximum atomic E-state index is 11.0. The summed E-state index contributed by atoms with van der Waals surface area (Å²) in [4.78, 5) is 0. The Kier molecular flexibility index (Phi) is 4.85. The lowest BCUT2D eigenvalue weighted by Gasteiger charge is -2.12. The zero-order chi connectivity index (χ0) is 14.6. The Balaban J connectivity index is 1.76. The van der Waals surface area contributed by atoms with Gasteiger partial charge in [0.15, 0.2) is 11.5 Å². The summed E-state index contributed by atoms with van der Waals surface area (Å²) in [5.41, 5.74) is 0.741. The molecule has 112 valence electrons. The molecule has 6 nitrogen and oxygen atoms in total. The van der Waals surface area contributed by atoms with Crippen LogP contribution in [0.25, 0.3) is 0 Å². The summed E-state index contributed by atoms with van der Waals surface area (Å²) in [7, 11) is -2.92. The van der Waals surface area contributed by atoms with Crippen LogP contribution in [-0.4, -0.2) is 45.4 Å². The smallest absolute Gasteiger partial charge is 0.231 e. The Morgan fingerprint density at radius 1 is 1.35 bits per heavy atom. The second-order valence-electron chi connectivity index (χ2n) is 4.82. The maximum Gasteiger partial charge on any atom is 0.231 e. The monoisotopic (exact) mass is 301 g/mol. The number of rotatable bonds is 7. The first-order valence-electron chi connectivity index (χ1n) is 6.42. The van der Waals surface area contributed by atoms with Crippen molar-refractivity contribution in [3.8, 4) is 11.5 Å². The van der Waals surface area contributed by atoms with Crippen LogP contribution in [0.5, 0.6) is 11.5 Å². The lowest BCUT2D eigenvalue weighted by molar-refractivity contribution is 0.170. The van der Waals surface area contributed by atoms with Crippen molar-refractivity contribution < 1.29 is 23.0 Å². The summed E-state index contributed by atoms with van der Waals surface area (Å²) in [6.07, 6.45) is 1.09. The Bertz CT molecular complexity index is 558.